The van der Waals surface area contributed by atoms with Crippen LogP contribution in [0, 0.1) is 0 Å². The Morgan fingerprint density at radius 1 is 1.68 bits per heavy atom. The highest BCUT2D eigenvalue weighted by Crippen LogP contribution is 2.17. The summed E-state index contributed by atoms with van der Waals surface area (Å²) in [6.45, 7) is 6.94. The quantitative estimate of drug-likeness (QED) is 0.861. The van der Waals surface area contributed by atoms with E-state index in [2.05, 4.69) is 31.7 Å². The lowest BCUT2D eigenvalue weighted by Crippen LogP contribution is -2.42. The maximum absolute atomic E-state index is 12.1. The van der Waals surface area contributed by atoms with Gasteiger partial charge in [0.25, 0.3) is 5.56 Å². The highest BCUT2D eigenvalue weighted by atomic mass is 79.9. The molecule has 0 saturated carbocycles. The van der Waals surface area contributed by atoms with E-state index in [1.165, 1.54) is 4.68 Å². The molecule has 1 fully saturated rings. The second-order valence-electron chi connectivity index (χ2n) is 4.79. The van der Waals surface area contributed by atoms with E-state index in [1.807, 2.05) is 13.8 Å². The van der Waals surface area contributed by atoms with Crippen molar-refractivity contribution in [2.75, 3.05) is 31.6 Å². The molecule has 106 valence electrons. The van der Waals surface area contributed by atoms with Gasteiger partial charge in [-0.3, -0.25) is 4.79 Å². The fraction of sp³-hybridized carbons (Fsp3) is 0.667. The molecule has 1 saturated heterocycles. The van der Waals surface area contributed by atoms with Gasteiger partial charge in [-0.05, 0) is 29.8 Å². The highest BCUT2D eigenvalue weighted by molar-refractivity contribution is 9.10. The smallest absolute Gasteiger partial charge is 0.283 e. The largest absolute Gasteiger partial charge is 0.380 e. The molecule has 0 spiro atoms. The molecule has 2 heterocycles. The average molecular weight is 331 g/mol. The van der Waals surface area contributed by atoms with Crippen molar-refractivity contribution in [1.82, 2.24) is 15.1 Å². The minimum Gasteiger partial charge on any atom is -0.380 e. The number of ether oxygens (including phenoxy) is 1. The van der Waals surface area contributed by atoms with Gasteiger partial charge < -0.3 is 15.4 Å². The molecule has 6 nitrogen and oxygen atoms in total. The van der Waals surface area contributed by atoms with E-state index in [4.69, 9.17) is 4.74 Å². The molecule has 0 radical (unpaired) electrons. The Balaban J connectivity index is 2.04. The molecule has 19 heavy (non-hydrogen) atoms. The number of anilines is 1. The van der Waals surface area contributed by atoms with Gasteiger partial charge >= 0.3 is 0 Å². The fourth-order valence-corrected chi connectivity index (χ4v) is 2.33. The zero-order valence-electron chi connectivity index (χ0n) is 11.1. The normalized spacial score (nSPS) is 19.7. The third kappa shape index (κ3) is 3.55. The second-order valence-corrected chi connectivity index (χ2v) is 5.59. The summed E-state index contributed by atoms with van der Waals surface area (Å²) in [5, 5.41) is 10.6. The molecular weight excluding hydrogens is 312 g/mol. The van der Waals surface area contributed by atoms with Crippen LogP contribution in [-0.2, 0) is 4.74 Å². The summed E-state index contributed by atoms with van der Waals surface area (Å²) >= 11 is 3.33. The van der Waals surface area contributed by atoms with Crippen molar-refractivity contribution in [2.24, 2.45) is 0 Å². The average Bonchev–Trinajstić information content (AvgIpc) is 2.41. The monoisotopic (exact) mass is 330 g/mol. The van der Waals surface area contributed by atoms with Crippen LogP contribution in [0.15, 0.2) is 15.5 Å². The topological polar surface area (TPSA) is 68.2 Å². The summed E-state index contributed by atoms with van der Waals surface area (Å²) in [6, 6.07) is 0.0451. The predicted molar refractivity (Wildman–Crippen MR) is 77.7 cm³/mol. The maximum Gasteiger partial charge on any atom is 0.283 e. The highest BCUT2D eigenvalue weighted by Gasteiger charge is 2.15. The van der Waals surface area contributed by atoms with Crippen molar-refractivity contribution in [3.8, 4) is 0 Å². The van der Waals surface area contributed by atoms with Crippen LogP contribution in [0.25, 0.3) is 0 Å². The lowest BCUT2D eigenvalue weighted by molar-refractivity contribution is 0.0372. The summed E-state index contributed by atoms with van der Waals surface area (Å²) in [7, 11) is 0. The molecule has 0 bridgehead atoms. The van der Waals surface area contributed by atoms with Gasteiger partial charge in [0.15, 0.2) is 0 Å². The Labute approximate surface area is 120 Å². The third-order valence-corrected chi connectivity index (χ3v) is 3.72. The Morgan fingerprint density at radius 2 is 2.47 bits per heavy atom. The van der Waals surface area contributed by atoms with Crippen LogP contribution in [0.2, 0.25) is 0 Å². The van der Waals surface area contributed by atoms with Crippen LogP contribution < -0.4 is 16.2 Å². The standard InChI is InChI=1S/C12H19BrN4O2/c1-8(2)17-12(18)11(13)10(7-16-17)15-6-9-5-14-3-4-19-9/h7-9,14-15H,3-6H2,1-2H3. The van der Waals surface area contributed by atoms with Crippen molar-refractivity contribution in [3.05, 3.63) is 21.0 Å². The Kier molecular flexibility index (Phi) is 4.95. The van der Waals surface area contributed by atoms with Crippen LogP contribution in [0.1, 0.15) is 19.9 Å². The van der Waals surface area contributed by atoms with Gasteiger partial charge in [-0.15, -0.1) is 0 Å². The van der Waals surface area contributed by atoms with E-state index in [1.54, 1.807) is 6.20 Å². The number of aromatic nitrogens is 2. The first-order chi connectivity index (χ1) is 9.09. The molecule has 2 rings (SSSR count). The fourth-order valence-electron chi connectivity index (χ4n) is 1.91. The summed E-state index contributed by atoms with van der Waals surface area (Å²) in [5.74, 6) is 0. The Hall–Kier alpha value is -0.920. The molecule has 0 aliphatic carbocycles. The van der Waals surface area contributed by atoms with E-state index in [0.29, 0.717) is 16.7 Å². The summed E-state index contributed by atoms with van der Waals surface area (Å²) in [4.78, 5) is 12.1. The molecule has 0 aromatic carbocycles. The summed E-state index contributed by atoms with van der Waals surface area (Å²) in [6.07, 6.45) is 1.79. The number of morpholine rings is 1. The molecule has 0 amide bonds. The van der Waals surface area contributed by atoms with Crippen LogP contribution >= 0.6 is 15.9 Å². The molecule has 7 heteroatoms. The van der Waals surface area contributed by atoms with E-state index >= 15 is 0 Å². The lowest BCUT2D eigenvalue weighted by atomic mass is 10.3. The molecule has 1 atom stereocenters. The zero-order chi connectivity index (χ0) is 13.8. The molecule has 1 aliphatic rings. The SMILES string of the molecule is CC(C)n1ncc(NCC2CNCCO2)c(Br)c1=O. The number of hydrogen-bond donors (Lipinski definition) is 2. The number of nitrogens with one attached hydrogen (secondary N) is 2. The molecule has 2 N–H and O–H groups in total. The van der Waals surface area contributed by atoms with Crippen LogP contribution in [0.4, 0.5) is 5.69 Å². The van der Waals surface area contributed by atoms with Crippen LogP contribution in [0.5, 0.6) is 0 Å². The zero-order valence-corrected chi connectivity index (χ0v) is 12.7. The van der Waals surface area contributed by atoms with Gasteiger partial charge in [-0.2, -0.15) is 5.10 Å². The van der Waals surface area contributed by atoms with E-state index in [0.717, 1.165) is 19.7 Å². The molecular formula is C12H19BrN4O2. The predicted octanol–water partition coefficient (Wildman–Crippen LogP) is 0.987. The van der Waals surface area contributed by atoms with Crippen LogP contribution in [0.3, 0.4) is 0 Å². The first kappa shape index (κ1) is 14.5. The van der Waals surface area contributed by atoms with Gasteiger partial charge in [0.1, 0.15) is 4.47 Å². The lowest BCUT2D eigenvalue weighted by Gasteiger charge is -2.24. The minimum absolute atomic E-state index is 0.0451. The Bertz CT molecular complexity index is 483. The second kappa shape index (κ2) is 6.49. The van der Waals surface area contributed by atoms with Gasteiger partial charge in [-0.25, -0.2) is 4.68 Å². The Morgan fingerprint density at radius 3 is 3.11 bits per heavy atom. The minimum atomic E-state index is -0.123. The van der Waals surface area contributed by atoms with Gasteiger partial charge in [0.05, 0.1) is 30.6 Å². The molecule has 1 aromatic rings. The van der Waals surface area contributed by atoms with Crippen molar-refractivity contribution in [2.45, 2.75) is 26.0 Å². The van der Waals surface area contributed by atoms with Crippen LogP contribution in [-0.4, -0.2) is 42.1 Å². The summed E-state index contributed by atoms with van der Waals surface area (Å²) < 4.78 is 7.55. The van der Waals surface area contributed by atoms with Crippen molar-refractivity contribution in [3.63, 3.8) is 0 Å². The molecule has 1 aromatic heterocycles. The van der Waals surface area contributed by atoms with Gasteiger partial charge in [-0.1, -0.05) is 0 Å². The van der Waals surface area contributed by atoms with E-state index in [9.17, 15) is 4.79 Å². The molecule has 1 aliphatic heterocycles. The number of rotatable bonds is 4. The van der Waals surface area contributed by atoms with Crippen molar-refractivity contribution >= 4 is 21.6 Å². The third-order valence-electron chi connectivity index (χ3n) is 2.96. The first-order valence-corrected chi connectivity index (χ1v) is 7.22. The maximum atomic E-state index is 12.1. The number of hydrogen-bond acceptors (Lipinski definition) is 5. The van der Waals surface area contributed by atoms with Gasteiger partial charge in [0, 0.05) is 19.6 Å². The van der Waals surface area contributed by atoms with Crippen molar-refractivity contribution in [1.29, 1.82) is 0 Å². The van der Waals surface area contributed by atoms with E-state index < -0.39 is 0 Å². The number of halogens is 1. The number of nitrogens with zero attached hydrogens (tertiary/aromatic N) is 2. The van der Waals surface area contributed by atoms with Crippen molar-refractivity contribution < 1.29 is 4.74 Å². The molecule has 1 unspecified atom stereocenters. The summed E-state index contributed by atoms with van der Waals surface area (Å²) in [5.41, 5.74) is 0.582. The van der Waals surface area contributed by atoms with Gasteiger partial charge in [0.2, 0.25) is 0 Å². The first-order valence-electron chi connectivity index (χ1n) is 6.43. The van der Waals surface area contributed by atoms with E-state index in [-0.39, 0.29) is 17.7 Å².